The monoisotopic (exact) mass is 331 g/mol. The number of methoxy groups -OCH3 is 1. The molecule has 0 aliphatic rings. The fraction of sp³-hybridized carbons (Fsp3) is 0.389. The fourth-order valence-electron chi connectivity index (χ4n) is 2.13. The second kappa shape index (κ2) is 10.3. The highest BCUT2D eigenvalue weighted by atomic mass is 16.5. The summed E-state index contributed by atoms with van der Waals surface area (Å²) in [5.41, 5.74) is 1.12. The van der Waals surface area contributed by atoms with Gasteiger partial charge in [-0.25, -0.2) is 0 Å². The minimum absolute atomic E-state index is 0.580. The van der Waals surface area contributed by atoms with E-state index in [-0.39, 0.29) is 0 Å². The smallest absolute Gasteiger partial charge is 0.191 e. The lowest BCUT2D eigenvalue weighted by atomic mass is 10.2. The molecule has 0 aliphatic heterocycles. The van der Waals surface area contributed by atoms with Crippen molar-refractivity contribution >= 4 is 5.96 Å². The molecule has 0 bridgehead atoms. The number of nitrogens with one attached hydrogen (secondary N) is 2. The quantitative estimate of drug-likeness (QED) is 0.419. The van der Waals surface area contributed by atoms with E-state index in [4.69, 9.17) is 13.9 Å². The molecule has 0 radical (unpaired) electrons. The summed E-state index contributed by atoms with van der Waals surface area (Å²) in [4.78, 5) is 4.18. The molecule has 6 nitrogen and oxygen atoms in total. The van der Waals surface area contributed by atoms with E-state index in [2.05, 4.69) is 15.6 Å². The van der Waals surface area contributed by atoms with Crippen LogP contribution in [0.4, 0.5) is 0 Å². The predicted molar refractivity (Wildman–Crippen MR) is 94.4 cm³/mol. The van der Waals surface area contributed by atoms with Gasteiger partial charge in [-0.3, -0.25) is 4.99 Å². The fourth-order valence-corrected chi connectivity index (χ4v) is 2.13. The van der Waals surface area contributed by atoms with E-state index >= 15 is 0 Å². The number of furan rings is 1. The summed E-state index contributed by atoms with van der Waals surface area (Å²) in [7, 11) is 3.41. The topological polar surface area (TPSA) is 68.0 Å². The maximum absolute atomic E-state index is 5.65. The van der Waals surface area contributed by atoms with Crippen LogP contribution in [0.25, 0.3) is 0 Å². The van der Waals surface area contributed by atoms with Crippen LogP contribution in [0.3, 0.4) is 0 Å². The Morgan fingerprint density at radius 3 is 2.58 bits per heavy atom. The van der Waals surface area contributed by atoms with Crippen LogP contribution in [0.15, 0.2) is 52.1 Å². The molecule has 0 fully saturated rings. The van der Waals surface area contributed by atoms with Crippen molar-refractivity contribution < 1.29 is 13.9 Å². The summed E-state index contributed by atoms with van der Waals surface area (Å²) < 4.78 is 16.1. The molecule has 0 aliphatic carbocycles. The molecule has 0 amide bonds. The molecule has 2 N–H and O–H groups in total. The van der Waals surface area contributed by atoms with Gasteiger partial charge < -0.3 is 24.5 Å². The first kappa shape index (κ1) is 17.9. The van der Waals surface area contributed by atoms with Gasteiger partial charge in [0.15, 0.2) is 5.96 Å². The van der Waals surface area contributed by atoms with Crippen LogP contribution in [0, 0.1) is 0 Å². The van der Waals surface area contributed by atoms with E-state index in [1.807, 2.05) is 36.4 Å². The Bertz CT molecular complexity index is 594. The second-order valence-corrected chi connectivity index (χ2v) is 5.16. The van der Waals surface area contributed by atoms with Crippen molar-refractivity contribution in [2.24, 2.45) is 4.99 Å². The highest BCUT2D eigenvalue weighted by Crippen LogP contribution is 2.11. The number of nitrogens with zero attached hydrogens (tertiary/aromatic N) is 1. The first-order valence-corrected chi connectivity index (χ1v) is 7.99. The van der Waals surface area contributed by atoms with E-state index in [1.165, 1.54) is 0 Å². The number of hydrogen-bond acceptors (Lipinski definition) is 4. The van der Waals surface area contributed by atoms with E-state index in [0.717, 1.165) is 36.0 Å². The lowest BCUT2D eigenvalue weighted by molar-refractivity contribution is 0.125. The maximum atomic E-state index is 5.65. The Balaban J connectivity index is 1.56. The van der Waals surface area contributed by atoms with E-state index in [9.17, 15) is 0 Å². The molecule has 130 valence electrons. The van der Waals surface area contributed by atoms with Gasteiger partial charge in [-0.05, 0) is 29.8 Å². The van der Waals surface area contributed by atoms with Crippen LogP contribution in [-0.4, -0.2) is 39.8 Å². The van der Waals surface area contributed by atoms with Gasteiger partial charge in [-0.15, -0.1) is 0 Å². The summed E-state index contributed by atoms with van der Waals surface area (Å²) in [5, 5.41) is 6.46. The normalized spacial score (nSPS) is 11.3. The van der Waals surface area contributed by atoms with E-state index in [1.54, 1.807) is 20.4 Å². The van der Waals surface area contributed by atoms with Crippen molar-refractivity contribution in [3.8, 4) is 5.75 Å². The summed E-state index contributed by atoms with van der Waals surface area (Å²) in [6, 6.07) is 11.7. The number of aliphatic imine (C=N–C) groups is 1. The molecule has 0 spiro atoms. The zero-order chi connectivity index (χ0) is 17.0. The summed E-state index contributed by atoms with van der Waals surface area (Å²) in [6.45, 7) is 2.64. The molecule has 24 heavy (non-hydrogen) atoms. The Morgan fingerprint density at radius 1 is 1.12 bits per heavy atom. The number of benzene rings is 1. The van der Waals surface area contributed by atoms with Gasteiger partial charge in [0.25, 0.3) is 0 Å². The van der Waals surface area contributed by atoms with Gasteiger partial charge >= 0.3 is 0 Å². The van der Waals surface area contributed by atoms with Crippen molar-refractivity contribution in [1.82, 2.24) is 10.6 Å². The SMILES string of the molecule is CN=C(NCCOCc1ccc(OC)cc1)NCCc1ccco1. The van der Waals surface area contributed by atoms with Crippen LogP contribution < -0.4 is 15.4 Å². The first-order chi connectivity index (χ1) is 11.8. The molecule has 0 unspecified atom stereocenters. The van der Waals surface area contributed by atoms with Crippen molar-refractivity contribution in [2.75, 3.05) is 33.9 Å². The van der Waals surface area contributed by atoms with Crippen molar-refractivity contribution in [3.05, 3.63) is 54.0 Å². The zero-order valence-corrected chi connectivity index (χ0v) is 14.2. The molecule has 0 saturated heterocycles. The third-order valence-corrected chi connectivity index (χ3v) is 3.43. The van der Waals surface area contributed by atoms with Crippen LogP contribution in [0.1, 0.15) is 11.3 Å². The van der Waals surface area contributed by atoms with Crippen LogP contribution in [0.5, 0.6) is 5.75 Å². The number of guanidine groups is 1. The van der Waals surface area contributed by atoms with Gasteiger partial charge in [-0.1, -0.05) is 12.1 Å². The first-order valence-electron chi connectivity index (χ1n) is 7.99. The van der Waals surface area contributed by atoms with Crippen LogP contribution >= 0.6 is 0 Å². The van der Waals surface area contributed by atoms with E-state index in [0.29, 0.717) is 19.8 Å². The average Bonchev–Trinajstić information content (AvgIpc) is 3.14. The molecule has 1 heterocycles. The molecular weight excluding hydrogens is 306 g/mol. The average molecular weight is 331 g/mol. The zero-order valence-electron chi connectivity index (χ0n) is 14.2. The van der Waals surface area contributed by atoms with Gasteiger partial charge in [0.05, 0.1) is 26.6 Å². The maximum Gasteiger partial charge on any atom is 0.191 e. The molecule has 0 saturated carbocycles. The largest absolute Gasteiger partial charge is 0.497 e. The van der Waals surface area contributed by atoms with E-state index < -0.39 is 0 Å². The second-order valence-electron chi connectivity index (χ2n) is 5.16. The van der Waals surface area contributed by atoms with Crippen LogP contribution in [0.2, 0.25) is 0 Å². The number of rotatable bonds is 9. The van der Waals surface area contributed by atoms with Crippen molar-refractivity contribution in [1.29, 1.82) is 0 Å². The highest BCUT2D eigenvalue weighted by Gasteiger charge is 2.00. The van der Waals surface area contributed by atoms with Gasteiger partial charge in [0, 0.05) is 26.6 Å². The number of hydrogen-bond donors (Lipinski definition) is 2. The molecule has 2 rings (SSSR count). The third-order valence-electron chi connectivity index (χ3n) is 3.43. The minimum Gasteiger partial charge on any atom is -0.497 e. The van der Waals surface area contributed by atoms with Crippen molar-refractivity contribution in [3.63, 3.8) is 0 Å². The lowest BCUT2D eigenvalue weighted by Crippen LogP contribution is -2.39. The van der Waals surface area contributed by atoms with Gasteiger partial charge in [0.2, 0.25) is 0 Å². The lowest BCUT2D eigenvalue weighted by Gasteiger charge is -2.11. The summed E-state index contributed by atoms with van der Waals surface area (Å²) >= 11 is 0. The Labute approximate surface area is 142 Å². The third kappa shape index (κ3) is 6.34. The van der Waals surface area contributed by atoms with Gasteiger partial charge in [-0.2, -0.15) is 0 Å². The standard InChI is InChI=1S/C18H25N3O3/c1-19-18(20-10-9-17-4-3-12-24-17)21-11-13-23-14-15-5-7-16(22-2)8-6-15/h3-8,12H,9-11,13-14H2,1-2H3,(H2,19,20,21). The Hall–Kier alpha value is -2.47. The molecule has 0 atom stereocenters. The number of ether oxygens (including phenoxy) is 2. The Morgan fingerprint density at radius 2 is 1.92 bits per heavy atom. The summed E-state index contributed by atoms with van der Waals surface area (Å²) in [5.74, 6) is 2.57. The molecular formula is C18H25N3O3. The summed E-state index contributed by atoms with van der Waals surface area (Å²) in [6.07, 6.45) is 2.50. The van der Waals surface area contributed by atoms with Gasteiger partial charge in [0.1, 0.15) is 11.5 Å². The molecule has 1 aromatic heterocycles. The Kier molecular flexibility index (Phi) is 7.70. The molecule has 1 aromatic carbocycles. The molecule has 6 heteroatoms. The molecule has 2 aromatic rings. The highest BCUT2D eigenvalue weighted by molar-refractivity contribution is 5.79. The van der Waals surface area contributed by atoms with Crippen LogP contribution in [-0.2, 0) is 17.8 Å². The predicted octanol–water partition coefficient (Wildman–Crippen LogP) is 2.21. The minimum atomic E-state index is 0.580. The van der Waals surface area contributed by atoms with Crippen molar-refractivity contribution in [2.45, 2.75) is 13.0 Å².